The zero-order valence-corrected chi connectivity index (χ0v) is 9.82. The monoisotopic (exact) mass is 257 g/mol. The number of amides is 1. The predicted molar refractivity (Wildman–Crippen MR) is 69.1 cm³/mol. The summed E-state index contributed by atoms with van der Waals surface area (Å²) in [6.45, 7) is 0. The molecule has 0 bridgehead atoms. The molecule has 1 amide bonds. The molecule has 96 valence electrons. The maximum atomic E-state index is 11.6. The van der Waals surface area contributed by atoms with Crippen LogP contribution < -0.4 is 5.43 Å². The zero-order chi connectivity index (χ0) is 13.7. The number of phenolic OH excluding ortho intramolecular Hbond substituents is 2. The molecule has 0 aliphatic rings. The number of hydrogen-bond donors (Lipinski definition) is 3. The van der Waals surface area contributed by atoms with E-state index in [-0.39, 0.29) is 17.4 Å². The van der Waals surface area contributed by atoms with Crippen LogP contribution in [0.15, 0.2) is 47.8 Å². The summed E-state index contributed by atoms with van der Waals surface area (Å²) in [4.78, 5) is 15.4. The predicted octanol–water partition coefficient (Wildman–Crippen LogP) is 1.26. The van der Waals surface area contributed by atoms with Gasteiger partial charge in [-0.3, -0.25) is 9.78 Å². The summed E-state index contributed by atoms with van der Waals surface area (Å²) in [6.07, 6.45) is 4.35. The van der Waals surface area contributed by atoms with Crippen molar-refractivity contribution in [2.24, 2.45) is 5.10 Å². The maximum absolute atomic E-state index is 11.6. The van der Waals surface area contributed by atoms with Crippen molar-refractivity contribution < 1.29 is 15.0 Å². The lowest BCUT2D eigenvalue weighted by atomic mass is 10.2. The number of carbonyl (C=O) groups excluding carboxylic acids is 1. The summed E-state index contributed by atoms with van der Waals surface area (Å²) in [5.74, 6) is -0.841. The quantitative estimate of drug-likeness (QED) is 0.438. The minimum atomic E-state index is -0.382. The van der Waals surface area contributed by atoms with E-state index < -0.39 is 0 Å². The number of hydrazone groups is 1. The Morgan fingerprint density at radius 2 is 2.11 bits per heavy atom. The van der Waals surface area contributed by atoms with Gasteiger partial charge < -0.3 is 10.2 Å². The first-order valence-electron chi connectivity index (χ1n) is 5.42. The van der Waals surface area contributed by atoms with Crippen molar-refractivity contribution in [3.8, 4) is 11.5 Å². The first-order chi connectivity index (χ1) is 9.16. The van der Waals surface area contributed by atoms with E-state index in [0.717, 1.165) is 0 Å². The lowest BCUT2D eigenvalue weighted by molar-refractivity contribution is 0.0955. The number of benzene rings is 1. The summed E-state index contributed by atoms with van der Waals surface area (Å²) in [6, 6.07) is 7.48. The number of aromatic hydroxyl groups is 2. The van der Waals surface area contributed by atoms with Gasteiger partial charge in [-0.1, -0.05) is 0 Å². The average Bonchev–Trinajstić information content (AvgIpc) is 2.43. The topological polar surface area (TPSA) is 94.8 Å². The Balaban J connectivity index is 2.00. The number of nitrogens with zero attached hydrogens (tertiary/aromatic N) is 2. The number of carbonyl (C=O) groups is 1. The molecule has 0 atom stereocenters. The van der Waals surface area contributed by atoms with Crippen LogP contribution in [0.25, 0.3) is 0 Å². The Bertz CT molecular complexity index is 612. The smallest absolute Gasteiger partial charge is 0.272 e. The molecule has 0 unspecified atom stereocenters. The van der Waals surface area contributed by atoms with Gasteiger partial charge in [-0.05, 0) is 35.9 Å². The molecule has 6 nitrogen and oxygen atoms in total. The van der Waals surface area contributed by atoms with E-state index in [1.807, 2.05) is 0 Å². The molecule has 0 saturated carbocycles. The van der Waals surface area contributed by atoms with E-state index in [4.69, 9.17) is 5.11 Å². The van der Waals surface area contributed by atoms with Crippen molar-refractivity contribution in [1.29, 1.82) is 0 Å². The molecule has 1 heterocycles. The molecule has 0 aliphatic heterocycles. The SMILES string of the molecule is O=C(N/N=C\c1ccc(O)c(O)c1)c1cccnc1. The third-order valence-corrected chi connectivity index (χ3v) is 2.30. The van der Waals surface area contributed by atoms with E-state index >= 15 is 0 Å². The Morgan fingerprint density at radius 1 is 1.26 bits per heavy atom. The van der Waals surface area contributed by atoms with E-state index in [1.165, 1.54) is 24.5 Å². The molecule has 2 aromatic rings. The van der Waals surface area contributed by atoms with Gasteiger partial charge in [-0.2, -0.15) is 5.10 Å². The van der Waals surface area contributed by atoms with Crippen LogP contribution in [-0.4, -0.2) is 27.3 Å². The van der Waals surface area contributed by atoms with Crippen LogP contribution in [-0.2, 0) is 0 Å². The summed E-state index contributed by atoms with van der Waals surface area (Å²) in [5, 5.41) is 22.2. The molecule has 2 rings (SSSR count). The van der Waals surface area contributed by atoms with E-state index in [9.17, 15) is 9.90 Å². The fourth-order valence-corrected chi connectivity index (χ4v) is 1.35. The van der Waals surface area contributed by atoms with Crippen molar-refractivity contribution in [2.45, 2.75) is 0 Å². The van der Waals surface area contributed by atoms with Crippen molar-refractivity contribution >= 4 is 12.1 Å². The number of hydrogen-bond acceptors (Lipinski definition) is 5. The Kier molecular flexibility index (Phi) is 3.72. The highest BCUT2D eigenvalue weighted by Crippen LogP contribution is 2.23. The van der Waals surface area contributed by atoms with Gasteiger partial charge in [0.2, 0.25) is 0 Å². The molecule has 1 aromatic carbocycles. The molecule has 6 heteroatoms. The van der Waals surface area contributed by atoms with Crippen LogP contribution in [0.5, 0.6) is 11.5 Å². The summed E-state index contributed by atoms with van der Waals surface area (Å²) in [7, 11) is 0. The summed E-state index contributed by atoms with van der Waals surface area (Å²) < 4.78 is 0. The molecular weight excluding hydrogens is 246 g/mol. The summed E-state index contributed by atoms with van der Waals surface area (Å²) >= 11 is 0. The highest BCUT2D eigenvalue weighted by molar-refractivity contribution is 5.94. The van der Waals surface area contributed by atoms with Gasteiger partial charge in [0.05, 0.1) is 11.8 Å². The standard InChI is InChI=1S/C13H11N3O3/c17-11-4-3-9(6-12(11)18)7-15-16-13(19)10-2-1-5-14-8-10/h1-8,17-18H,(H,16,19)/b15-7-. The van der Waals surface area contributed by atoms with Crippen molar-refractivity contribution in [1.82, 2.24) is 10.4 Å². The molecule has 1 aromatic heterocycles. The van der Waals surface area contributed by atoms with Gasteiger partial charge in [0.1, 0.15) is 0 Å². The molecule has 0 aliphatic carbocycles. The molecule has 0 saturated heterocycles. The fraction of sp³-hybridized carbons (Fsp3) is 0. The second kappa shape index (κ2) is 5.63. The van der Waals surface area contributed by atoms with Gasteiger partial charge in [0, 0.05) is 12.4 Å². The van der Waals surface area contributed by atoms with Crippen LogP contribution in [0.2, 0.25) is 0 Å². The number of aromatic nitrogens is 1. The first-order valence-corrected chi connectivity index (χ1v) is 5.42. The number of nitrogens with one attached hydrogen (secondary N) is 1. The van der Waals surface area contributed by atoms with Gasteiger partial charge in [0.25, 0.3) is 5.91 Å². The highest BCUT2D eigenvalue weighted by Gasteiger charge is 2.02. The first kappa shape index (κ1) is 12.6. The van der Waals surface area contributed by atoms with Crippen LogP contribution >= 0.6 is 0 Å². The zero-order valence-electron chi connectivity index (χ0n) is 9.82. The molecule has 0 spiro atoms. The van der Waals surface area contributed by atoms with Gasteiger partial charge in [-0.25, -0.2) is 5.43 Å². The van der Waals surface area contributed by atoms with Gasteiger partial charge >= 0.3 is 0 Å². The Hall–Kier alpha value is -2.89. The van der Waals surface area contributed by atoms with E-state index in [0.29, 0.717) is 11.1 Å². The third-order valence-electron chi connectivity index (χ3n) is 2.30. The lowest BCUT2D eigenvalue weighted by Gasteiger charge is -1.99. The van der Waals surface area contributed by atoms with Crippen molar-refractivity contribution in [3.05, 3.63) is 53.9 Å². The Labute approximate surface area is 109 Å². The average molecular weight is 257 g/mol. The molecule has 19 heavy (non-hydrogen) atoms. The number of phenols is 2. The minimum absolute atomic E-state index is 0.212. The largest absolute Gasteiger partial charge is 0.504 e. The van der Waals surface area contributed by atoms with Crippen LogP contribution in [0.1, 0.15) is 15.9 Å². The minimum Gasteiger partial charge on any atom is -0.504 e. The maximum Gasteiger partial charge on any atom is 0.272 e. The fourth-order valence-electron chi connectivity index (χ4n) is 1.35. The van der Waals surface area contributed by atoms with Gasteiger partial charge in [0.15, 0.2) is 11.5 Å². The second-order valence-corrected chi connectivity index (χ2v) is 3.69. The molecule has 0 fully saturated rings. The molecule has 3 N–H and O–H groups in total. The normalized spacial score (nSPS) is 10.5. The second-order valence-electron chi connectivity index (χ2n) is 3.69. The number of rotatable bonds is 3. The van der Waals surface area contributed by atoms with E-state index in [2.05, 4.69) is 15.5 Å². The Morgan fingerprint density at radius 3 is 2.79 bits per heavy atom. The number of pyridine rings is 1. The van der Waals surface area contributed by atoms with Crippen LogP contribution in [0.3, 0.4) is 0 Å². The van der Waals surface area contributed by atoms with E-state index in [1.54, 1.807) is 24.4 Å². The van der Waals surface area contributed by atoms with Gasteiger partial charge in [-0.15, -0.1) is 0 Å². The molecule has 0 radical (unpaired) electrons. The lowest BCUT2D eigenvalue weighted by Crippen LogP contribution is -2.17. The van der Waals surface area contributed by atoms with Crippen LogP contribution in [0, 0.1) is 0 Å². The van der Waals surface area contributed by atoms with Crippen molar-refractivity contribution in [3.63, 3.8) is 0 Å². The third kappa shape index (κ3) is 3.29. The summed E-state index contributed by atoms with van der Waals surface area (Å²) in [5.41, 5.74) is 3.27. The van der Waals surface area contributed by atoms with Crippen molar-refractivity contribution in [2.75, 3.05) is 0 Å². The molecular formula is C13H11N3O3. The van der Waals surface area contributed by atoms with Crippen LogP contribution in [0.4, 0.5) is 0 Å². The highest BCUT2D eigenvalue weighted by atomic mass is 16.3.